The molecule has 0 aliphatic heterocycles. The predicted octanol–water partition coefficient (Wildman–Crippen LogP) is 2.47. The number of hydrogen-bond acceptors (Lipinski definition) is 4. The molecule has 7 nitrogen and oxygen atoms in total. The Morgan fingerprint density at radius 3 is 2.63 bits per heavy atom. The maximum Gasteiger partial charge on any atom is 0.332 e. The molecule has 3 aromatic rings. The Labute approximate surface area is 165 Å². The van der Waals surface area contributed by atoms with E-state index < -0.39 is 17.4 Å². The van der Waals surface area contributed by atoms with Gasteiger partial charge in [0.1, 0.15) is 11.9 Å². The number of benzene rings is 1. The minimum Gasteiger partial charge on any atom is -0.385 e. The van der Waals surface area contributed by atoms with E-state index in [2.05, 4.69) is 27.8 Å². The third kappa shape index (κ3) is 3.64. The van der Waals surface area contributed by atoms with Crippen molar-refractivity contribution in [2.24, 2.45) is 14.1 Å². The van der Waals surface area contributed by atoms with Gasteiger partial charge in [-0.2, -0.15) is 0 Å². The van der Waals surface area contributed by atoms with E-state index in [1.165, 1.54) is 11.6 Å². The van der Waals surface area contributed by atoms with Gasteiger partial charge in [0.2, 0.25) is 0 Å². The third-order valence-corrected chi connectivity index (χ3v) is 5.23. The van der Waals surface area contributed by atoms with E-state index in [0.29, 0.717) is 30.0 Å². The van der Waals surface area contributed by atoms with Crippen molar-refractivity contribution < 1.29 is 5.11 Å². The average Bonchev–Trinajstić information content (AvgIpc) is 3.02. The fourth-order valence-electron chi connectivity index (χ4n) is 3.22. The largest absolute Gasteiger partial charge is 0.385 e. The molecule has 1 atom stereocenters. The molecule has 1 unspecified atom stereocenters. The second kappa shape index (κ2) is 7.82. The van der Waals surface area contributed by atoms with Gasteiger partial charge in [0.15, 0.2) is 11.2 Å². The molecule has 2 heterocycles. The van der Waals surface area contributed by atoms with Crippen LogP contribution in [-0.4, -0.2) is 23.8 Å². The lowest BCUT2D eigenvalue weighted by Gasteiger charge is -2.14. The summed E-state index contributed by atoms with van der Waals surface area (Å²) in [6.45, 7) is 2.43. The van der Waals surface area contributed by atoms with Crippen LogP contribution in [0.15, 0.2) is 38.3 Å². The molecule has 8 heteroatoms. The third-order valence-electron chi connectivity index (χ3n) is 4.74. The Hall–Kier alpha value is -2.19. The molecule has 0 aliphatic rings. The maximum atomic E-state index is 12.8. The SMILES string of the molecule is CCCCC(O)c1nc2c(c(=O)n(C)c(=O)n2C)n1Cc1cccc(Br)c1. The lowest BCUT2D eigenvalue weighted by molar-refractivity contribution is 0.151. The first-order valence-corrected chi connectivity index (χ1v) is 9.73. The molecule has 0 amide bonds. The summed E-state index contributed by atoms with van der Waals surface area (Å²) >= 11 is 3.46. The molecular formula is C19H23BrN4O3. The van der Waals surface area contributed by atoms with Crippen LogP contribution in [0.3, 0.4) is 0 Å². The van der Waals surface area contributed by atoms with E-state index in [-0.39, 0.29) is 0 Å². The van der Waals surface area contributed by atoms with E-state index in [9.17, 15) is 14.7 Å². The van der Waals surface area contributed by atoms with Crippen LogP contribution in [-0.2, 0) is 20.6 Å². The molecule has 0 bridgehead atoms. The van der Waals surface area contributed by atoms with Crippen molar-refractivity contribution in [2.45, 2.75) is 38.8 Å². The lowest BCUT2D eigenvalue weighted by atomic mass is 10.1. The van der Waals surface area contributed by atoms with E-state index in [1.807, 2.05) is 24.3 Å². The lowest BCUT2D eigenvalue weighted by Crippen LogP contribution is -2.37. The van der Waals surface area contributed by atoms with Crippen LogP contribution in [0.5, 0.6) is 0 Å². The van der Waals surface area contributed by atoms with Gasteiger partial charge >= 0.3 is 5.69 Å². The number of aliphatic hydroxyl groups excluding tert-OH is 1. The van der Waals surface area contributed by atoms with Gasteiger partial charge in [-0.05, 0) is 24.1 Å². The Kier molecular flexibility index (Phi) is 5.67. The van der Waals surface area contributed by atoms with Crippen molar-refractivity contribution in [2.75, 3.05) is 0 Å². The molecule has 0 saturated heterocycles. The molecule has 144 valence electrons. The normalized spacial score (nSPS) is 12.6. The van der Waals surface area contributed by atoms with Crippen molar-refractivity contribution >= 4 is 27.1 Å². The molecule has 0 spiro atoms. The van der Waals surface area contributed by atoms with Gasteiger partial charge in [-0.15, -0.1) is 0 Å². The Bertz CT molecular complexity index is 1100. The second-order valence-corrected chi connectivity index (χ2v) is 7.64. The van der Waals surface area contributed by atoms with Crippen LogP contribution in [0.4, 0.5) is 0 Å². The number of aromatic nitrogens is 4. The fourth-order valence-corrected chi connectivity index (χ4v) is 3.67. The van der Waals surface area contributed by atoms with E-state index >= 15 is 0 Å². The molecule has 2 aromatic heterocycles. The number of unbranched alkanes of at least 4 members (excludes halogenated alkanes) is 1. The summed E-state index contributed by atoms with van der Waals surface area (Å²) in [5, 5.41) is 10.7. The van der Waals surface area contributed by atoms with Crippen molar-refractivity contribution in [3.63, 3.8) is 0 Å². The van der Waals surface area contributed by atoms with Crippen LogP contribution in [0.2, 0.25) is 0 Å². The highest BCUT2D eigenvalue weighted by Crippen LogP contribution is 2.24. The number of imidazole rings is 1. The number of nitrogens with zero attached hydrogens (tertiary/aromatic N) is 4. The van der Waals surface area contributed by atoms with E-state index in [1.54, 1.807) is 11.6 Å². The summed E-state index contributed by atoms with van der Waals surface area (Å²) < 4.78 is 5.09. The number of aliphatic hydroxyl groups is 1. The molecule has 27 heavy (non-hydrogen) atoms. The van der Waals surface area contributed by atoms with Crippen molar-refractivity contribution in [1.29, 1.82) is 0 Å². The molecule has 1 N–H and O–H groups in total. The first kappa shape index (κ1) is 19.6. The van der Waals surface area contributed by atoms with E-state index in [0.717, 1.165) is 27.4 Å². The van der Waals surface area contributed by atoms with Crippen LogP contribution in [0.1, 0.15) is 43.7 Å². The summed E-state index contributed by atoms with van der Waals surface area (Å²) in [4.78, 5) is 29.6. The Morgan fingerprint density at radius 2 is 1.96 bits per heavy atom. The average molecular weight is 435 g/mol. The minimum atomic E-state index is -0.802. The highest BCUT2D eigenvalue weighted by atomic mass is 79.9. The van der Waals surface area contributed by atoms with Gasteiger partial charge in [-0.3, -0.25) is 13.9 Å². The first-order chi connectivity index (χ1) is 12.8. The molecule has 0 saturated carbocycles. The molecule has 0 aliphatic carbocycles. The monoisotopic (exact) mass is 434 g/mol. The molecule has 3 rings (SSSR count). The zero-order valence-corrected chi connectivity index (χ0v) is 17.2. The van der Waals surface area contributed by atoms with Crippen LogP contribution in [0.25, 0.3) is 11.2 Å². The quantitative estimate of drug-likeness (QED) is 0.645. The number of fused-ring (bicyclic) bond motifs is 1. The maximum absolute atomic E-state index is 12.8. The minimum absolute atomic E-state index is 0.295. The van der Waals surface area contributed by atoms with Gasteiger partial charge in [0, 0.05) is 25.1 Å². The van der Waals surface area contributed by atoms with Gasteiger partial charge < -0.3 is 9.67 Å². The molecule has 1 aromatic carbocycles. The van der Waals surface area contributed by atoms with Crippen molar-refractivity contribution in [3.8, 4) is 0 Å². The Balaban J connectivity index is 2.26. The van der Waals surface area contributed by atoms with Crippen molar-refractivity contribution in [1.82, 2.24) is 18.7 Å². The fraction of sp³-hybridized carbons (Fsp3) is 0.421. The molecular weight excluding hydrogens is 412 g/mol. The standard InChI is InChI=1S/C19H23BrN4O3/c1-4-5-9-14(25)16-21-17-15(18(26)23(3)19(27)22(17)2)24(16)11-12-7-6-8-13(20)10-12/h6-8,10,14,25H,4-5,9,11H2,1-3H3. The topological polar surface area (TPSA) is 82.1 Å². The predicted molar refractivity (Wildman–Crippen MR) is 108 cm³/mol. The van der Waals surface area contributed by atoms with E-state index in [4.69, 9.17) is 0 Å². The zero-order chi connectivity index (χ0) is 19.7. The summed E-state index contributed by atoms with van der Waals surface area (Å²) in [5.41, 5.74) is 0.732. The summed E-state index contributed by atoms with van der Waals surface area (Å²) in [6, 6.07) is 7.75. The summed E-state index contributed by atoms with van der Waals surface area (Å²) in [7, 11) is 3.04. The molecule has 0 radical (unpaired) electrons. The Morgan fingerprint density at radius 1 is 1.22 bits per heavy atom. The van der Waals surface area contributed by atoms with Crippen molar-refractivity contribution in [3.05, 3.63) is 61.0 Å². The second-order valence-electron chi connectivity index (χ2n) is 6.72. The summed E-state index contributed by atoms with van der Waals surface area (Å²) in [5.74, 6) is 0.414. The van der Waals surface area contributed by atoms with Gasteiger partial charge in [0.05, 0.1) is 0 Å². The number of hydrogen-bond donors (Lipinski definition) is 1. The molecule has 0 fully saturated rings. The first-order valence-electron chi connectivity index (χ1n) is 8.93. The van der Waals surface area contributed by atoms with Crippen LogP contribution < -0.4 is 11.2 Å². The number of halogens is 1. The number of aryl methyl sites for hydroxylation is 1. The van der Waals surface area contributed by atoms with Crippen LogP contribution in [0, 0.1) is 0 Å². The smallest absolute Gasteiger partial charge is 0.332 e. The van der Waals surface area contributed by atoms with Gasteiger partial charge in [-0.1, -0.05) is 47.8 Å². The zero-order valence-electron chi connectivity index (χ0n) is 15.6. The number of rotatable bonds is 6. The van der Waals surface area contributed by atoms with Gasteiger partial charge in [-0.25, -0.2) is 9.78 Å². The van der Waals surface area contributed by atoms with Gasteiger partial charge in [0.25, 0.3) is 5.56 Å². The van der Waals surface area contributed by atoms with Crippen LogP contribution >= 0.6 is 15.9 Å². The summed E-state index contributed by atoms with van der Waals surface area (Å²) in [6.07, 6.45) is 1.54. The highest BCUT2D eigenvalue weighted by molar-refractivity contribution is 9.10. The highest BCUT2D eigenvalue weighted by Gasteiger charge is 2.23.